The lowest BCUT2D eigenvalue weighted by Gasteiger charge is -2.23. The minimum Gasteiger partial charge on any atom is -0.339 e. The number of nitrogens with zero attached hydrogens (tertiary/aromatic N) is 4. The number of carbonyl (C=O) groups is 1. The Morgan fingerprint density at radius 2 is 2.24 bits per heavy atom. The van der Waals surface area contributed by atoms with E-state index in [2.05, 4.69) is 15.0 Å². The summed E-state index contributed by atoms with van der Waals surface area (Å²) in [6.07, 6.45) is 3.13. The highest BCUT2D eigenvalue weighted by Crippen LogP contribution is 2.39. The predicted octanol–water partition coefficient (Wildman–Crippen LogP) is 4.30. The first kappa shape index (κ1) is 19.0. The van der Waals surface area contributed by atoms with Crippen molar-refractivity contribution in [3.8, 4) is 0 Å². The second-order valence-corrected chi connectivity index (χ2v) is 9.25. The van der Waals surface area contributed by atoms with Gasteiger partial charge in [-0.1, -0.05) is 16.8 Å². The normalized spacial score (nSPS) is 19.6. The smallest absolute Gasteiger partial charge is 0.265 e. The summed E-state index contributed by atoms with van der Waals surface area (Å²) in [6.45, 7) is 1.86. The molecule has 0 N–H and O–H groups in total. The van der Waals surface area contributed by atoms with Gasteiger partial charge in [0, 0.05) is 35.1 Å². The molecule has 3 heterocycles. The molecule has 1 atom stereocenters. The van der Waals surface area contributed by atoms with Crippen molar-refractivity contribution < 1.29 is 13.7 Å². The number of halogens is 2. The number of aromatic nitrogens is 2. The predicted molar refractivity (Wildman–Crippen MR) is 109 cm³/mol. The molecule has 2 fully saturated rings. The van der Waals surface area contributed by atoms with Gasteiger partial charge in [-0.05, 0) is 44.5 Å². The molecule has 0 bridgehead atoms. The van der Waals surface area contributed by atoms with Crippen molar-refractivity contribution in [1.29, 1.82) is 0 Å². The first-order valence-corrected chi connectivity index (χ1v) is 10.9. The summed E-state index contributed by atoms with van der Waals surface area (Å²) in [6, 6.07) is 4.63. The molecular formula is C20H20ClFN4O2S. The summed E-state index contributed by atoms with van der Waals surface area (Å²) in [5.41, 5.74) is 0. The molecule has 0 spiro atoms. The Balaban J connectivity index is 1.26. The second kappa shape index (κ2) is 7.34. The largest absolute Gasteiger partial charge is 0.339 e. The number of likely N-dealkylation sites (tertiary alicyclic amines) is 1. The molecule has 6 nitrogen and oxygen atoms in total. The number of hydrogen-bond acceptors (Lipinski definition) is 6. The number of amides is 1. The molecule has 9 heteroatoms. The van der Waals surface area contributed by atoms with E-state index >= 15 is 0 Å². The van der Waals surface area contributed by atoms with Crippen LogP contribution in [0.3, 0.4) is 0 Å². The van der Waals surface area contributed by atoms with Gasteiger partial charge in [0.1, 0.15) is 10.7 Å². The maximum Gasteiger partial charge on any atom is 0.265 e. The van der Waals surface area contributed by atoms with Gasteiger partial charge in [-0.25, -0.2) is 4.39 Å². The van der Waals surface area contributed by atoms with Gasteiger partial charge < -0.3 is 9.42 Å². The molecule has 0 unspecified atom stereocenters. The zero-order valence-electron chi connectivity index (χ0n) is 15.9. The zero-order chi connectivity index (χ0) is 20.1. The van der Waals surface area contributed by atoms with Gasteiger partial charge in [0.15, 0.2) is 5.82 Å². The molecular weight excluding hydrogens is 415 g/mol. The Labute approximate surface area is 176 Å². The summed E-state index contributed by atoms with van der Waals surface area (Å²) in [5, 5.41) is 5.21. The van der Waals surface area contributed by atoms with Crippen molar-refractivity contribution in [3.63, 3.8) is 0 Å². The van der Waals surface area contributed by atoms with E-state index in [9.17, 15) is 9.18 Å². The molecule has 1 aliphatic heterocycles. The number of rotatable bonds is 5. The highest BCUT2D eigenvalue weighted by atomic mass is 35.5. The Hall–Kier alpha value is -2.03. The van der Waals surface area contributed by atoms with E-state index in [0.717, 1.165) is 30.5 Å². The van der Waals surface area contributed by atoms with Crippen molar-refractivity contribution in [2.75, 3.05) is 20.1 Å². The van der Waals surface area contributed by atoms with Gasteiger partial charge in [-0.3, -0.25) is 9.69 Å². The zero-order valence-corrected chi connectivity index (χ0v) is 17.5. The van der Waals surface area contributed by atoms with Crippen LogP contribution < -0.4 is 0 Å². The first-order chi connectivity index (χ1) is 14.0. The fraction of sp³-hybridized carbons (Fsp3) is 0.450. The maximum absolute atomic E-state index is 13.5. The molecule has 3 aromatic rings. The van der Waals surface area contributed by atoms with Gasteiger partial charge in [-0.15, -0.1) is 11.3 Å². The summed E-state index contributed by atoms with van der Waals surface area (Å²) < 4.78 is 19.5. The third kappa shape index (κ3) is 3.65. The molecule has 1 saturated heterocycles. The van der Waals surface area contributed by atoms with Crippen LogP contribution in [-0.2, 0) is 6.54 Å². The highest BCUT2D eigenvalue weighted by Gasteiger charge is 2.33. The van der Waals surface area contributed by atoms with E-state index in [-0.39, 0.29) is 17.8 Å². The van der Waals surface area contributed by atoms with Crippen molar-refractivity contribution in [3.05, 3.63) is 45.6 Å². The molecule has 1 aliphatic carbocycles. The molecule has 1 amide bonds. The van der Waals surface area contributed by atoms with Gasteiger partial charge in [0.25, 0.3) is 5.91 Å². The summed E-state index contributed by atoms with van der Waals surface area (Å²) in [5.74, 6) is 1.45. The number of fused-ring (bicyclic) bond motifs is 1. The van der Waals surface area contributed by atoms with Crippen LogP contribution in [-0.4, -0.2) is 52.0 Å². The number of likely N-dealkylation sites (N-methyl/N-ethyl adjacent to an activating group) is 1. The van der Waals surface area contributed by atoms with Gasteiger partial charge in [0.05, 0.1) is 11.6 Å². The molecule has 29 heavy (non-hydrogen) atoms. The van der Waals surface area contributed by atoms with Crippen LogP contribution in [0.5, 0.6) is 0 Å². The highest BCUT2D eigenvalue weighted by molar-refractivity contribution is 7.21. The third-order valence-electron chi connectivity index (χ3n) is 5.66. The Bertz CT molecular complexity index is 1080. The summed E-state index contributed by atoms with van der Waals surface area (Å²) in [4.78, 5) is 22.0. The monoisotopic (exact) mass is 434 g/mol. The maximum atomic E-state index is 13.5. The van der Waals surface area contributed by atoms with E-state index in [1.54, 1.807) is 6.07 Å². The fourth-order valence-electron chi connectivity index (χ4n) is 3.79. The van der Waals surface area contributed by atoms with E-state index in [1.807, 2.05) is 11.9 Å². The van der Waals surface area contributed by atoms with E-state index < -0.39 is 0 Å². The Morgan fingerprint density at radius 1 is 1.41 bits per heavy atom. The van der Waals surface area contributed by atoms with Crippen molar-refractivity contribution in [1.82, 2.24) is 19.9 Å². The van der Waals surface area contributed by atoms with Crippen LogP contribution in [0.25, 0.3) is 10.1 Å². The standard InChI is InChI=1S/C20H20ClFN4O2S/c1-25(10-16-23-19(28-24-16)11-2-3-11)13-6-7-26(9-13)20(27)18-17(21)14-5-4-12(22)8-15(14)29-18/h4-5,8,11,13H,2-3,6-7,9-10H2,1H3/t13-/m0/s1. The van der Waals surface area contributed by atoms with Crippen molar-refractivity contribution >= 4 is 38.9 Å². The number of benzene rings is 1. The van der Waals surface area contributed by atoms with Crippen molar-refractivity contribution in [2.45, 2.75) is 37.8 Å². The number of hydrogen-bond donors (Lipinski definition) is 0. The lowest BCUT2D eigenvalue weighted by molar-refractivity contribution is 0.0784. The molecule has 152 valence electrons. The van der Waals surface area contributed by atoms with E-state index in [0.29, 0.717) is 46.0 Å². The van der Waals surface area contributed by atoms with Crippen LogP contribution in [0.2, 0.25) is 5.02 Å². The minimum atomic E-state index is -0.330. The first-order valence-electron chi connectivity index (χ1n) is 9.69. The quantitative estimate of drug-likeness (QED) is 0.599. The van der Waals surface area contributed by atoms with Gasteiger partial charge in [-0.2, -0.15) is 4.98 Å². The topological polar surface area (TPSA) is 62.5 Å². The molecule has 5 rings (SSSR count). The van der Waals surface area contributed by atoms with Crippen LogP contribution in [0, 0.1) is 5.82 Å². The molecule has 0 radical (unpaired) electrons. The number of thiophene rings is 1. The Morgan fingerprint density at radius 3 is 3.03 bits per heavy atom. The lowest BCUT2D eigenvalue weighted by Crippen LogP contribution is -2.36. The van der Waals surface area contributed by atoms with Gasteiger partial charge >= 0.3 is 0 Å². The molecule has 1 saturated carbocycles. The van der Waals surface area contributed by atoms with E-state index in [1.165, 1.54) is 23.5 Å². The summed E-state index contributed by atoms with van der Waals surface area (Å²) in [7, 11) is 2.01. The average molecular weight is 435 g/mol. The minimum absolute atomic E-state index is 0.0944. The van der Waals surface area contributed by atoms with Gasteiger partial charge in [0.2, 0.25) is 5.89 Å². The SMILES string of the molecule is CN(Cc1noc(C2CC2)n1)[C@H]1CCN(C(=O)c2sc3cc(F)ccc3c2Cl)C1. The van der Waals surface area contributed by atoms with Crippen LogP contribution in [0.15, 0.2) is 22.7 Å². The number of carbonyl (C=O) groups excluding carboxylic acids is 1. The lowest BCUT2D eigenvalue weighted by atomic mass is 10.2. The average Bonchev–Trinajstić information content (AvgIpc) is 3.12. The third-order valence-corrected chi connectivity index (χ3v) is 7.31. The second-order valence-electron chi connectivity index (χ2n) is 7.82. The molecule has 1 aromatic carbocycles. The van der Waals surface area contributed by atoms with Crippen LogP contribution >= 0.6 is 22.9 Å². The molecule has 2 aromatic heterocycles. The fourth-order valence-corrected chi connectivity index (χ4v) is 5.29. The van der Waals surface area contributed by atoms with E-state index in [4.69, 9.17) is 16.1 Å². The Kier molecular flexibility index (Phi) is 4.80. The molecule has 2 aliphatic rings. The van der Waals surface area contributed by atoms with Crippen LogP contribution in [0.1, 0.15) is 46.6 Å². The van der Waals surface area contributed by atoms with Crippen LogP contribution in [0.4, 0.5) is 4.39 Å². The van der Waals surface area contributed by atoms with Crippen molar-refractivity contribution in [2.24, 2.45) is 0 Å². The summed E-state index contributed by atoms with van der Waals surface area (Å²) >= 11 is 7.67.